The molecule has 1 aliphatic heterocycles. The van der Waals surface area contributed by atoms with Crippen LogP contribution in [0.3, 0.4) is 0 Å². The maximum Gasteiger partial charge on any atom is 0.363 e. The van der Waals surface area contributed by atoms with Crippen molar-refractivity contribution in [3.8, 4) is 11.5 Å². The Labute approximate surface area is 211 Å². The van der Waals surface area contributed by atoms with Gasteiger partial charge in [-0.15, -0.1) is 0 Å². The van der Waals surface area contributed by atoms with Gasteiger partial charge in [0.15, 0.2) is 17.2 Å². The average molecular weight is 535 g/mol. The fourth-order valence-corrected chi connectivity index (χ4v) is 4.08. The Morgan fingerprint density at radius 2 is 1.91 bits per heavy atom. The van der Waals surface area contributed by atoms with Gasteiger partial charge in [0.2, 0.25) is 11.8 Å². The van der Waals surface area contributed by atoms with Gasteiger partial charge < -0.3 is 19.5 Å². The van der Waals surface area contributed by atoms with Crippen LogP contribution in [0.25, 0.3) is 6.08 Å². The molecule has 0 aromatic heterocycles. The lowest BCUT2D eigenvalue weighted by Gasteiger charge is -2.14. The predicted octanol–water partition coefficient (Wildman–Crippen LogP) is 5.65. The highest BCUT2D eigenvalue weighted by Gasteiger charge is 2.24. The molecule has 1 amide bonds. The second kappa shape index (κ2) is 10.6. The van der Waals surface area contributed by atoms with E-state index in [1.807, 2.05) is 31.2 Å². The van der Waals surface area contributed by atoms with E-state index >= 15 is 0 Å². The molecule has 0 bridgehead atoms. The number of nitrogens with one attached hydrogen (secondary N) is 1. The zero-order chi connectivity index (χ0) is 24.9. The second-order valence-electron chi connectivity index (χ2n) is 7.91. The van der Waals surface area contributed by atoms with E-state index in [-0.39, 0.29) is 17.5 Å². The van der Waals surface area contributed by atoms with E-state index in [1.165, 1.54) is 6.92 Å². The standard InChI is InChI=1S/C27H23BrN2O5/c1-16-5-4-6-18(11-16)15-34-25-22(28)12-19(14-24(25)33-3)13-23-27(32)35-26(30-23)20-7-9-21(10-8-20)29-17(2)31/h4-14H,15H2,1-3H3,(H,29,31)/b23-13-. The van der Waals surface area contributed by atoms with Crippen LogP contribution in [0.15, 0.2) is 75.8 Å². The van der Waals surface area contributed by atoms with Gasteiger partial charge in [-0.25, -0.2) is 9.79 Å². The lowest BCUT2D eigenvalue weighted by Crippen LogP contribution is -2.07. The molecule has 0 saturated carbocycles. The molecule has 0 spiro atoms. The van der Waals surface area contributed by atoms with Gasteiger partial charge in [-0.1, -0.05) is 29.8 Å². The summed E-state index contributed by atoms with van der Waals surface area (Å²) in [4.78, 5) is 28.0. The number of carbonyl (C=O) groups is 2. The molecular formula is C27H23BrN2O5. The van der Waals surface area contributed by atoms with Crippen LogP contribution in [0.5, 0.6) is 11.5 Å². The number of aryl methyl sites for hydroxylation is 1. The zero-order valence-corrected chi connectivity index (χ0v) is 21.0. The number of carbonyl (C=O) groups excluding carboxylic acids is 2. The van der Waals surface area contributed by atoms with Gasteiger partial charge >= 0.3 is 5.97 Å². The molecule has 0 atom stereocenters. The van der Waals surface area contributed by atoms with Crippen LogP contribution in [0.4, 0.5) is 5.69 Å². The minimum Gasteiger partial charge on any atom is -0.493 e. The summed E-state index contributed by atoms with van der Waals surface area (Å²) < 4.78 is 17.6. The summed E-state index contributed by atoms with van der Waals surface area (Å²) in [5.74, 6) is 0.554. The highest BCUT2D eigenvalue weighted by molar-refractivity contribution is 9.10. The Bertz CT molecular complexity index is 1350. The molecule has 0 saturated heterocycles. The second-order valence-corrected chi connectivity index (χ2v) is 8.76. The quantitative estimate of drug-likeness (QED) is 0.312. The van der Waals surface area contributed by atoms with Gasteiger partial charge in [-0.05, 0) is 76.5 Å². The van der Waals surface area contributed by atoms with E-state index < -0.39 is 5.97 Å². The Balaban J connectivity index is 1.55. The fourth-order valence-electron chi connectivity index (χ4n) is 3.51. The molecule has 7 nitrogen and oxygen atoms in total. The number of hydrogen-bond donors (Lipinski definition) is 1. The van der Waals surface area contributed by atoms with Crippen LogP contribution in [-0.4, -0.2) is 24.9 Å². The Hall–Kier alpha value is -3.91. The van der Waals surface area contributed by atoms with Crippen LogP contribution in [0, 0.1) is 6.92 Å². The van der Waals surface area contributed by atoms with Crippen molar-refractivity contribution in [2.24, 2.45) is 4.99 Å². The number of ether oxygens (including phenoxy) is 3. The average Bonchev–Trinajstić information content (AvgIpc) is 3.18. The molecule has 3 aromatic carbocycles. The largest absolute Gasteiger partial charge is 0.493 e. The smallest absolute Gasteiger partial charge is 0.363 e. The fraction of sp³-hybridized carbons (Fsp3) is 0.148. The number of methoxy groups -OCH3 is 1. The number of benzene rings is 3. The summed E-state index contributed by atoms with van der Waals surface area (Å²) in [7, 11) is 1.56. The van der Waals surface area contributed by atoms with Gasteiger partial charge in [0.05, 0.1) is 11.6 Å². The maximum atomic E-state index is 12.4. The highest BCUT2D eigenvalue weighted by atomic mass is 79.9. The number of hydrogen-bond acceptors (Lipinski definition) is 6. The first-order valence-electron chi connectivity index (χ1n) is 10.8. The zero-order valence-electron chi connectivity index (χ0n) is 19.4. The molecule has 1 aliphatic rings. The summed E-state index contributed by atoms with van der Waals surface area (Å²) in [5.41, 5.74) is 4.32. The molecule has 3 aromatic rings. The van der Waals surface area contributed by atoms with Crippen molar-refractivity contribution in [3.05, 3.63) is 93.1 Å². The third-order valence-electron chi connectivity index (χ3n) is 5.09. The van der Waals surface area contributed by atoms with Crippen LogP contribution < -0.4 is 14.8 Å². The molecule has 1 heterocycles. The van der Waals surface area contributed by atoms with Gasteiger partial charge in [-0.2, -0.15) is 0 Å². The number of anilines is 1. The molecule has 0 radical (unpaired) electrons. The lowest BCUT2D eigenvalue weighted by molar-refractivity contribution is -0.129. The van der Waals surface area contributed by atoms with Crippen molar-refractivity contribution in [1.29, 1.82) is 0 Å². The molecule has 1 N–H and O–H groups in total. The van der Waals surface area contributed by atoms with E-state index in [9.17, 15) is 9.59 Å². The third-order valence-corrected chi connectivity index (χ3v) is 5.68. The number of cyclic esters (lactones) is 1. The normalized spacial score (nSPS) is 13.9. The van der Waals surface area contributed by atoms with Crippen LogP contribution in [0.2, 0.25) is 0 Å². The topological polar surface area (TPSA) is 86.2 Å². The number of rotatable bonds is 7. The summed E-state index contributed by atoms with van der Waals surface area (Å²) in [5, 5.41) is 2.69. The summed E-state index contributed by atoms with van der Waals surface area (Å²) in [6.45, 7) is 3.85. The first-order chi connectivity index (χ1) is 16.8. The van der Waals surface area contributed by atoms with Gasteiger partial charge in [0.1, 0.15) is 6.61 Å². The maximum absolute atomic E-state index is 12.4. The van der Waals surface area contributed by atoms with E-state index in [4.69, 9.17) is 14.2 Å². The first-order valence-corrected chi connectivity index (χ1v) is 11.6. The van der Waals surface area contributed by atoms with Crippen molar-refractivity contribution < 1.29 is 23.8 Å². The van der Waals surface area contributed by atoms with Crippen molar-refractivity contribution in [3.63, 3.8) is 0 Å². The molecule has 8 heteroatoms. The van der Waals surface area contributed by atoms with E-state index in [0.29, 0.717) is 39.4 Å². The molecule has 0 fully saturated rings. The van der Waals surface area contributed by atoms with Gasteiger partial charge in [0, 0.05) is 18.2 Å². The number of amides is 1. The highest BCUT2D eigenvalue weighted by Crippen LogP contribution is 2.38. The summed E-state index contributed by atoms with van der Waals surface area (Å²) in [6.07, 6.45) is 1.62. The molecular weight excluding hydrogens is 512 g/mol. The molecule has 0 aliphatic carbocycles. The van der Waals surface area contributed by atoms with Gasteiger partial charge in [0.25, 0.3) is 0 Å². The Morgan fingerprint density at radius 1 is 1.14 bits per heavy atom. The van der Waals surface area contributed by atoms with Crippen molar-refractivity contribution in [1.82, 2.24) is 0 Å². The summed E-state index contributed by atoms with van der Waals surface area (Å²) in [6, 6.07) is 18.6. The third kappa shape index (κ3) is 5.96. The van der Waals surface area contributed by atoms with Crippen molar-refractivity contribution >= 4 is 45.5 Å². The van der Waals surface area contributed by atoms with Crippen LogP contribution in [-0.2, 0) is 20.9 Å². The number of nitrogens with zero attached hydrogens (tertiary/aromatic N) is 1. The number of esters is 1. The molecule has 4 rings (SSSR count). The van der Waals surface area contributed by atoms with E-state index in [1.54, 1.807) is 43.5 Å². The minimum atomic E-state index is -0.555. The first kappa shape index (κ1) is 24.2. The molecule has 178 valence electrons. The van der Waals surface area contributed by atoms with Crippen molar-refractivity contribution in [2.75, 3.05) is 12.4 Å². The monoisotopic (exact) mass is 534 g/mol. The Kier molecular flexibility index (Phi) is 7.31. The number of halogens is 1. The van der Waals surface area contributed by atoms with E-state index in [2.05, 4.69) is 32.3 Å². The predicted molar refractivity (Wildman–Crippen MR) is 138 cm³/mol. The minimum absolute atomic E-state index is 0.160. The summed E-state index contributed by atoms with van der Waals surface area (Å²) >= 11 is 3.55. The molecule has 35 heavy (non-hydrogen) atoms. The lowest BCUT2D eigenvalue weighted by atomic mass is 10.1. The SMILES string of the molecule is COc1cc(/C=C2\N=C(c3ccc(NC(C)=O)cc3)OC2=O)cc(Br)c1OCc1cccc(C)c1. The van der Waals surface area contributed by atoms with Crippen LogP contribution >= 0.6 is 15.9 Å². The van der Waals surface area contributed by atoms with Crippen molar-refractivity contribution in [2.45, 2.75) is 20.5 Å². The molecule has 0 unspecified atom stereocenters. The van der Waals surface area contributed by atoms with Crippen LogP contribution in [0.1, 0.15) is 29.2 Å². The van der Waals surface area contributed by atoms with E-state index in [0.717, 1.165) is 11.1 Å². The number of aliphatic imine (C=N–C) groups is 1. The Morgan fingerprint density at radius 3 is 2.60 bits per heavy atom. The van der Waals surface area contributed by atoms with Gasteiger partial charge in [-0.3, -0.25) is 4.79 Å².